The largest absolute Gasteiger partial charge is 0.247 e. The lowest BCUT2D eigenvalue weighted by molar-refractivity contribution is 0.217. The van der Waals surface area contributed by atoms with Crippen LogP contribution in [0.2, 0.25) is 0 Å². The average Bonchev–Trinajstić information content (AvgIpc) is 2.30. The van der Waals surface area contributed by atoms with E-state index in [1.165, 1.54) is 4.31 Å². The number of nitrogens with zero attached hydrogens (tertiary/aromatic N) is 1. The van der Waals surface area contributed by atoms with Crippen molar-refractivity contribution in [2.75, 3.05) is 6.54 Å². The first-order chi connectivity index (χ1) is 9.23. The fourth-order valence-electron chi connectivity index (χ4n) is 2.48. The van der Waals surface area contributed by atoms with Crippen molar-refractivity contribution in [1.29, 1.82) is 0 Å². The SMILES string of the molecule is CC1CCC(C)N(S(=O)(=O)c2c(F)cc(F)cc2Br)C1. The molecule has 0 amide bonds. The number of benzene rings is 1. The Morgan fingerprint density at radius 1 is 1.25 bits per heavy atom. The molecule has 2 rings (SSSR count). The van der Waals surface area contributed by atoms with E-state index in [2.05, 4.69) is 15.9 Å². The highest BCUT2D eigenvalue weighted by molar-refractivity contribution is 9.10. The summed E-state index contributed by atoms with van der Waals surface area (Å²) in [6, 6.07) is 1.37. The van der Waals surface area contributed by atoms with Crippen molar-refractivity contribution in [2.45, 2.75) is 37.6 Å². The van der Waals surface area contributed by atoms with Crippen LogP contribution in [0.1, 0.15) is 26.7 Å². The standard InChI is InChI=1S/C13H16BrF2NO2S/c1-8-3-4-9(2)17(7-8)20(18,19)13-11(14)5-10(15)6-12(13)16/h5-6,8-9H,3-4,7H2,1-2H3. The van der Waals surface area contributed by atoms with Gasteiger partial charge < -0.3 is 0 Å². The van der Waals surface area contributed by atoms with Gasteiger partial charge in [0.1, 0.15) is 16.5 Å². The summed E-state index contributed by atoms with van der Waals surface area (Å²) in [6.07, 6.45) is 1.68. The maximum atomic E-state index is 13.9. The number of hydrogen-bond acceptors (Lipinski definition) is 2. The Balaban J connectivity index is 2.50. The van der Waals surface area contributed by atoms with Gasteiger partial charge in [-0.25, -0.2) is 17.2 Å². The molecule has 3 nitrogen and oxygen atoms in total. The number of rotatable bonds is 2. The summed E-state index contributed by atoms with van der Waals surface area (Å²) in [4.78, 5) is -0.486. The summed E-state index contributed by atoms with van der Waals surface area (Å²) >= 11 is 2.95. The van der Waals surface area contributed by atoms with Crippen molar-refractivity contribution in [1.82, 2.24) is 4.31 Å². The second-order valence-electron chi connectivity index (χ2n) is 5.30. The first-order valence-electron chi connectivity index (χ1n) is 6.40. The summed E-state index contributed by atoms with van der Waals surface area (Å²) in [6.45, 7) is 4.12. The van der Waals surface area contributed by atoms with Gasteiger partial charge in [0.15, 0.2) is 0 Å². The van der Waals surface area contributed by atoms with E-state index in [0.29, 0.717) is 12.6 Å². The summed E-state index contributed by atoms with van der Waals surface area (Å²) in [5.41, 5.74) is 0. The lowest BCUT2D eigenvalue weighted by Crippen LogP contribution is -2.45. The molecule has 0 N–H and O–H groups in total. The number of sulfonamides is 1. The van der Waals surface area contributed by atoms with Crippen molar-refractivity contribution in [2.24, 2.45) is 5.92 Å². The molecule has 2 unspecified atom stereocenters. The molecule has 0 aliphatic carbocycles. The predicted molar refractivity (Wildman–Crippen MR) is 75.8 cm³/mol. The topological polar surface area (TPSA) is 37.4 Å². The Morgan fingerprint density at radius 3 is 2.50 bits per heavy atom. The van der Waals surface area contributed by atoms with Crippen LogP contribution < -0.4 is 0 Å². The molecule has 1 fully saturated rings. The summed E-state index contributed by atoms with van der Waals surface area (Å²) in [7, 11) is -3.98. The number of halogens is 3. The summed E-state index contributed by atoms with van der Waals surface area (Å²) in [5.74, 6) is -1.65. The van der Waals surface area contributed by atoms with Crippen LogP contribution in [0, 0.1) is 17.6 Å². The molecule has 1 aromatic rings. The summed E-state index contributed by atoms with van der Waals surface area (Å²) in [5, 5.41) is 0. The van der Waals surface area contributed by atoms with E-state index in [-0.39, 0.29) is 16.4 Å². The Kier molecular flexibility index (Phi) is 4.51. The molecule has 0 radical (unpaired) electrons. The maximum absolute atomic E-state index is 13.9. The van der Waals surface area contributed by atoms with E-state index in [1.54, 1.807) is 6.92 Å². The van der Waals surface area contributed by atoms with Gasteiger partial charge in [-0.15, -0.1) is 0 Å². The minimum atomic E-state index is -3.98. The average molecular weight is 368 g/mol. The Hall–Kier alpha value is -0.530. The van der Waals surface area contributed by atoms with Crippen molar-refractivity contribution < 1.29 is 17.2 Å². The number of piperidine rings is 1. The molecule has 112 valence electrons. The van der Waals surface area contributed by atoms with Gasteiger partial charge in [-0.05, 0) is 47.7 Å². The van der Waals surface area contributed by atoms with E-state index in [0.717, 1.165) is 18.9 Å². The normalized spacial score (nSPS) is 24.9. The zero-order chi connectivity index (χ0) is 15.1. The van der Waals surface area contributed by atoms with Gasteiger partial charge in [-0.1, -0.05) is 6.92 Å². The third-order valence-electron chi connectivity index (χ3n) is 3.59. The highest BCUT2D eigenvalue weighted by Gasteiger charge is 2.36. The molecule has 0 bridgehead atoms. The molecule has 1 aromatic carbocycles. The van der Waals surface area contributed by atoms with E-state index >= 15 is 0 Å². The lowest BCUT2D eigenvalue weighted by atomic mass is 9.97. The first kappa shape index (κ1) is 15.9. The molecule has 20 heavy (non-hydrogen) atoms. The Labute approximate surface area is 126 Å². The van der Waals surface area contributed by atoms with Crippen LogP contribution in [0.3, 0.4) is 0 Å². The van der Waals surface area contributed by atoms with E-state index in [9.17, 15) is 17.2 Å². The van der Waals surface area contributed by atoms with Crippen molar-refractivity contribution in [3.63, 3.8) is 0 Å². The van der Waals surface area contributed by atoms with Crippen molar-refractivity contribution in [3.8, 4) is 0 Å². The molecular formula is C13H16BrF2NO2S. The minimum Gasteiger partial charge on any atom is -0.207 e. The van der Waals surface area contributed by atoms with Gasteiger partial charge in [0.25, 0.3) is 0 Å². The van der Waals surface area contributed by atoms with E-state index in [4.69, 9.17) is 0 Å². The van der Waals surface area contributed by atoms with E-state index in [1.807, 2.05) is 6.92 Å². The van der Waals surface area contributed by atoms with Crippen LogP contribution in [0.25, 0.3) is 0 Å². The molecule has 0 aromatic heterocycles. The predicted octanol–water partition coefficient (Wildman–Crippen LogP) is 3.54. The van der Waals surface area contributed by atoms with Gasteiger partial charge in [-0.3, -0.25) is 0 Å². The van der Waals surface area contributed by atoms with Crippen molar-refractivity contribution >= 4 is 26.0 Å². The quantitative estimate of drug-likeness (QED) is 0.801. The Morgan fingerprint density at radius 2 is 1.90 bits per heavy atom. The van der Waals surface area contributed by atoms with Crippen molar-refractivity contribution in [3.05, 3.63) is 28.2 Å². The molecule has 1 aliphatic heterocycles. The van der Waals surface area contributed by atoms with Crippen LogP contribution >= 0.6 is 15.9 Å². The van der Waals surface area contributed by atoms with Crippen LogP contribution in [-0.4, -0.2) is 25.3 Å². The molecule has 0 spiro atoms. The first-order valence-corrected chi connectivity index (χ1v) is 8.63. The fourth-order valence-corrected chi connectivity index (χ4v) is 5.37. The van der Waals surface area contributed by atoms with Gasteiger partial charge >= 0.3 is 0 Å². The minimum absolute atomic E-state index is 0.0829. The number of hydrogen-bond donors (Lipinski definition) is 0. The second kappa shape index (κ2) is 5.69. The summed E-state index contributed by atoms with van der Waals surface area (Å²) < 4.78 is 53.5. The van der Waals surface area contributed by atoms with E-state index < -0.39 is 26.6 Å². The maximum Gasteiger partial charge on any atom is 0.247 e. The highest BCUT2D eigenvalue weighted by Crippen LogP contribution is 2.33. The van der Waals surface area contributed by atoms with Gasteiger partial charge in [0.05, 0.1) is 0 Å². The molecule has 1 aliphatic rings. The fraction of sp³-hybridized carbons (Fsp3) is 0.538. The molecular weight excluding hydrogens is 352 g/mol. The van der Waals surface area contributed by atoms with Crippen LogP contribution in [0.15, 0.2) is 21.5 Å². The molecule has 7 heteroatoms. The van der Waals surface area contributed by atoms with Crippen LogP contribution in [-0.2, 0) is 10.0 Å². The lowest BCUT2D eigenvalue weighted by Gasteiger charge is -2.35. The smallest absolute Gasteiger partial charge is 0.207 e. The van der Waals surface area contributed by atoms with Gasteiger partial charge in [-0.2, -0.15) is 4.31 Å². The van der Waals surface area contributed by atoms with Gasteiger partial charge in [0, 0.05) is 23.1 Å². The molecule has 2 atom stereocenters. The van der Waals surface area contributed by atoms with Crippen LogP contribution in [0.5, 0.6) is 0 Å². The van der Waals surface area contributed by atoms with Crippen LogP contribution in [0.4, 0.5) is 8.78 Å². The van der Waals surface area contributed by atoms with Gasteiger partial charge in [0.2, 0.25) is 10.0 Å². The zero-order valence-corrected chi connectivity index (χ0v) is 13.6. The molecule has 1 heterocycles. The zero-order valence-electron chi connectivity index (χ0n) is 11.2. The Bertz CT molecular complexity index is 598. The monoisotopic (exact) mass is 367 g/mol. The molecule has 0 saturated carbocycles. The second-order valence-corrected chi connectivity index (χ2v) is 7.99. The third-order valence-corrected chi connectivity index (χ3v) is 6.54. The third kappa shape index (κ3) is 2.89. The highest BCUT2D eigenvalue weighted by atomic mass is 79.9. The molecule has 1 saturated heterocycles.